The molecule has 2 unspecified atom stereocenters. The third-order valence-corrected chi connectivity index (χ3v) is 4.86. The molecular formula is C15H19BrO2. The second-order valence-corrected chi connectivity index (χ2v) is 6.62. The fourth-order valence-corrected chi connectivity index (χ4v) is 3.43. The SMILES string of the molecule is OCC1(Cc2ccc(Br)cc2)CCOC1C1CC1. The van der Waals surface area contributed by atoms with Gasteiger partial charge < -0.3 is 9.84 Å². The fraction of sp³-hybridized carbons (Fsp3) is 0.600. The summed E-state index contributed by atoms with van der Waals surface area (Å²) in [5.41, 5.74) is 1.25. The van der Waals surface area contributed by atoms with E-state index in [1.165, 1.54) is 18.4 Å². The molecule has 0 radical (unpaired) electrons. The molecule has 1 aromatic rings. The van der Waals surface area contributed by atoms with Gasteiger partial charge in [0.05, 0.1) is 12.7 Å². The second kappa shape index (κ2) is 4.95. The summed E-state index contributed by atoms with van der Waals surface area (Å²) in [6, 6.07) is 8.43. The van der Waals surface area contributed by atoms with E-state index in [-0.39, 0.29) is 18.1 Å². The molecule has 0 spiro atoms. The van der Waals surface area contributed by atoms with E-state index in [2.05, 4.69) is 40.2 Å². The lowest BCUT2D eigenvalue weighted by molar-refractivity contribution is 0.000585. The molecule has 1 aromatic carbocycles. The number of rotatable bonds is 4. The van der Waals surface area contributed by atoms with Crippen LogP contribution in [0.5, 0.6) is 0 Å². The first kappa shape index (κ1) is 12.6. The maximum Gasteiger partial charge on any atom is 0.0685 e. The van der Waals surface area contributed by atoms with E-state index in [0.29, 0.717) is 5.92 Å². The van der Waals surface area contributed by atoms with Crippen LogP contribution in [0.3, 0.4) is 0 Å². The van der Waals surface area contributed by atoms with Crippen molar-refractivity contribution in [3.63, 3.8) is 0 Å². The number of aliphatic hydroxyl groups excluding tert-OH is 1. The van der Waals surface area contributed by atoms with Crippen LogP contribution in [0, 0.1) is 11.3 Å². The summed E-state index contributed by atoms with van der Waals surface area (Å²) < 4.78 is 7.01. The number of hydrogen-bond acceptors (Lipinski definition) is 2. The van der Waals surface area contributed by atoms with Crippen molar-refractivity contribution in [2.45, 2.75) is 31.8 Å². The standard InChI is InChI=1S/C15H19BrO2/c16-13-5-1-11(2-6-13)9-15(10-17)7-8-18-14(15)12-3-4-12/h1-2,5-6,12,14,17H,3-4,7-10H2. The van der Waals surface area contributed by atoms with Gasteiger partial charge in [-0.25, -0.2) is 0 Å². The van der Waals surface area contributed by atoms with Crippen LogP contribution in [0.1, 0.15) is 24.8 Å². The number of hydrogen-bond donors (Lipinski definition) is 1. The lowest BCUT2D eigenvalue weighted by Crippen LogP contribution is -2.38. The molecule has 1 saturated heterocycles. The molecule has 3 rings (SSSR count). The highest BCUT2D eigenvalue weighted by atomic mass is 79.9. The van der Waals surface area contributed by atoms with Gasteiger partial charge in [-0.1, -0.05) is 28.1 Å². The molecule has 1 aliphatic carbocycles. The molecule has 18 heavy (non-hydrogen) atoms. The summed E-state index contributed by atoms with van der Waals surface area (Å²) in [6.45, 7) is 1.04. The van der Waals surface area contributed by atoms with Gasteiger partial charge in [-0.15, -0.1) is 0 Å². The van der Waals surface area contributed by atoms with Crippen molar-refractivity contribution in [1.82, 2.24) is 0 Å². The molecule has 98 valence electrons. The van der Waals surface area contributed by atoms with E-state index in [1.807, 2.05) is 0 Å². The summed E-state index contributed by atoms with van der Waals surface area (Å²) in [7, 11) is 0. The quantitative estimate of drug-likeness (QED) is 0.925. The first-order valence-electron chi connectivity index (χ1n) is 6.70. The average Bonchev–Trinajstić information content (AvgIpc) is 3.14. The summed E-state index contributed by atoms with van der Waals surface area (Å²) in [4.78, 5) is 0. The Kier molecular flexibility index (Phi) is 3.48. The Labute approximate surface area is 116 Å². The second-order valence-electron chi connectivity index (χ2n) is 5.70. The number of aliphatic hydroxyl groups is 1. The molecule has 2 atom stereocenters. The molecule has 2 fully saturated rings. The van der Waals surface area contributed by atoms with E-state index >= 15 is 0 Å². The Morgan fingerprint density at radius 2 is 2.00 bits per heavy atom. The zero-order chi connectivity index (χ0) is 12.6. The largest absolute Gasteiger partial charge is 0.396 e. The number of benzene rings is 1. The Balaban J connectivity index is 1.80. The predicted molar refractivity (Wildman–Crippen MR) is 74.4 cm³/mol. The fourth-order valence-electron chi connectivity index (χ4n) is 3.17. The normalized spacial score (nSPS) is 31.8. The van der Waals surface area contributed by atoms with E-state index < -0.39 is 0 Å². The number of ether oxygens (including phenoxy) is 1. The minimum Gasteiger partial charge on any atom is -0.396 e. The molecule has 0 amide bonds. The van der Waals surface area contributed by atoms with Gasteiger partial charge in [-0.3, -0.25) is 0 Å². The molecule has 0 aromatic heterocycles. The van der Waals surface area contributed by atoms with E-state index in [4.69, 9.17) is 4.74 Å². The smallest absolute Gasteiger partial charge is 0.0685 e. The van der Waals surface area contributed by atoms with Gasteiger partial charge in [-0.2, -0.15) is 0 Å². The van der Waals surface area contributed by atoms with Crippen LogP contribution in [-0.2, 0) is 11.2 Å². The monoisotopic (exact) mass is 310 g/mol. The summed E-state index contributed by atoms with van der Waals surface area (Å²) in [6.07, 6.45) is 4.73. The van der Waals surface area contributed by atoms with E-state index in [1.54, 1.807) is 0 Å². The molecule has 0 bridgehead atoms. The van der Waals surface area contributed by atoms with Gasteiger partial charge in [0.2, 0.25) is 0 Å². The summed E-state index contributed by atoms with van der Waals surface area (Å²) in [5.74, 6) is 0.690. The van der Waals surface area contributed by atoms with E-state index in [0.717, 1.165) is 23.9 Å². The van der Waals surface area contributed by atoms with Gasteiger partial charge >= 0.3 is 0 Å². The molecule has 1 N–H and O–H groups in total. The minimum atomic E-state index is -0.0466. The van der Waals surface area contributed by atoms with Gasteiger partial charge in [0.1, 0.15) is 0 Å². The van der Waals surface area contributed by atoms with Crippen LogP contribution in [0.15, 0.2) is 28.7 Å². The van der Waals surface area contributed by atoms with Crippen LogP contribution in [0.2, 0.25) is 0 Å². The van der Waals surface area contributed by atoms with Crippen molar-refractivity contribution >= 4 is 15.9 Å². The average molecular weight is 311 g/mol. The highest BCUT2D eigenvalue weighted by Crippen LogP contribution is 2.49. The van der Waals surface area contributed by atoms with Crippen LogP contribution < -0.4 is 0 Å². The predicted octanol–water partition coefficient (Wildman–Crippen LogP) is 3.17. The topological polar surface area (TPSA) is 29.5 Å². The minimum absolute atomic E-state index is 0.0466. The maximum absolute atomic E-state index is 9.89. The zero-order valence-corrected chi connectivity index (χ0v) is 12.0. The van der Waals surface area contributed by atoms with Crippen molar-refractivity contribution in [2.24, 2.45) is 11.3 Å². The van der Waals surface area contributed by atoms with Crippen molar-refractivity contribution in [2.75, 3.05) is 13.2 Å². The zero-order valence-electron chi connectivity index (χ0n) is 10.4. The molecule has 1 aliphatic heterocycles. The van der Waals surface area contributed by atoms with Gasteiger partial charge in [0.15, 0.2) is 0 Å². The van der Waals surface area contributed by atoms with Crippen LogP contribution in [-0.4, -0.2) is 24.4 Å². The van der Waals surface area contributed by atoms with Gasteiger partial charge in [0.25, 0.3) is 0 Å². The molecule has 1 saturated carbocycles. The van der Waals surface area contributed by atoms with Crippen LogP contribution in [0.25, 0.3) is 0 Å². The summed E-state index contributed by atoms with van der Waals surface area (Å²) >= 11 is 3.46. The van der Waals surface area contributed by atoms with Crippen molar-refractivity contribution in [3.8, 4) is 0 Å². The van der Waals surface area contributed by atoms with Crippen molar-refractivity contribution in [3.05, 3.63) is 34.3 Å². The van der Waals surface area contributed by atoms with Gasteiger partial charge in [0, 0.05) is 16.5 Å². The molecule has 2 nitrogen and oxygen atoms in total. The Morgan fingerprint density at radius 1 is 1.28 bits per heavy atom. The maximum atomic E-state index is 9.89. The Bertz CT molecular complexity index is 413. The van der Waals surface area contributed by atoms with Crippen molar-refractivity contribution in [1.29, 1.82) is 0 Å². The third kappa shape index (κ3) is 2.36. The third-order valence-electron chi connectivity index (χ3n) is 4.34. The van der Waals surface area contributed by atoms with Crippen molar-refractivity contribution < 1.29 is 9.84 Å². The van der Waals surface area contributed by atoms with Crippen LogP contribution in [0.4, 0.5) is 0 Å². The first-order chi connectivity index (χ1) is 8.73. The lowest BCUT2D eigenvalue weighted by Gasteiger charge is -2.32. The Hall–Kier alpha value is -0.380. The van der Waals surface area contributed by atoms with Crippen LogP contribution >= 0.6 is 15.9 Å². The number of halogens is 1. The summed E-state index contributed by atoms with van der Waals surface area (Å²) in [5, 5.41) is 9.89. The molecular weight excluding hydrogens is 292 g/mol. The Morgan fingerprint density at radius 3 is 2.61 bits per heavy atom. The molecule has 3 heteroatoms. The lowest BCUT2D eigenvalue weighted by atomic mass is 9.75. The highest BCUT2D eigenvalue weighted by Gasteiger charge is 2.50. The highest BCUT2D eigenvalue weighted by molar-refractivity contribution is 9.10. The first-order valence-corrected chi connectivity index (χ1v) is 7.50. The van der Waals surface area contributed by atoms with Gasteiger partial charge in [-0.05, 0) is 49.3 Å². The molecule has 1 heterocycles. The molecule has 2 aliphatic rings. The van der Waals surface area contributed by atoms with E-state index in [9.17, 15) is 5.11 Å².